The third-order valence-corrected chi connectivity index (χ3v) is 5.56. The van der Waals surface area contributed by atoms with Gasteiger partial charge in [-0.2, -0.15) is 0 Å². The first-order valence-electron chi connectivity index (χ1n) is 5.76. The number of hydrogen-bond acceptors (Lipinski definition) is 4. The molecule has 8 heteroatoms. The van der Waals surface area contributed by atoms with Crippen molar-refractivity contribution in [1.29, 1.82) is 0 Å². The number of hydrogen-bond donors (Lipinski definition) is 1. The predicted molar refractivity (Wildman–Crippen MR) is 85.9 cm³/mol. The van der Waals surface area contributed by atoms with Gasteiger partial charge in [0.15, 0.2) is 0 Å². The molecule has 0 atom stereocenters. The normalized spacial score (nSPS) is 11.1. The monoisotopic (exact) mass is 418 g/mol. The Hall–Kier alpha value is -1.68. The molecule has 0 aliphatic rings. The van der Waals surface area contributed by atoms with E-state index in [0.717, 1.165) is 10.4 Å². The quantitative estimate of drug-likeness (QED) is 0.770. The van der Waals surface area contributed by atoms with E-state index in [9.17, 15) is 13.2 Å². The number of benzene rings is 1. The number of halogens is 1. The Morgan fingerprint density at radius 2 is 2.05 bits per heavy atom. The van der Waals surface area contributed by atoms with Crippen LogP contribution in [0.4, 0.5) is 5.69 Å². The summed E-state index contributed by atoms with van der Waals surface area (Å²) in [4.78, 5) is 14.9. The van der Waals surface area contributed by atoms with Crippen LogP contribution in [0.5, 0.6) is 0 Å². The first-order chi connectivity index (χ1) is 9.84. The molecule has 0 bridgehead atoms. The number of aromatic carboxylic acids is 1. The summed E-state index contributed by atoms with van der Waals surface area (Å²) in [6.45, 7) is 0. The smallest absolute Gasteiger partial charge is 0.336 e. The molecule has 1 aromatic carbocycles. The molecule has 2 aromatic rings. The Kier molecular flexibility index (Phi) is 4.47. The van der Waals surface area contributed by atoms with Crippen molar-refractivity contribution >= 4 is 44.3 Å². The molecule has 0 aliphatic heterocycles. The molecule has 110 valence electrons. The lowest BCUT2D eigenvalue weighted by molar-refractivity contribution is 0.0695. The van der Waals surface area contributed by atoms with E-state index in [4.69, 9.17) is 5.11 Å². The van der Waals surface area contributed by atoms with Gasteiger partial charge in [-0.15, -0.1) is 0 Å². The Bertz CT molecular complexity index is 778. The fraction of sp³-hybridized carbons (Fsp3) is 0.0769. The Labute approximate surface area is 135 Å². The summed E-state index contributed by atoms with van der Waals surface area (Å²) in [5, 5.41) is 9.09. The number of pyridine rings is 1. The lowest BCUT2D eigenvalue weighted by Gasteiger charge is -2.19. The molecule has 1 aromatic heterocycles. The maximum atomic E-state index is 12.5. The molecule has 0 unspecified atom stereocenters. The van der Waals surface area contributed by atoms with Gasteiger partial charge in [-0.1, -0.05) is 0 Å². The summed E-state index contributed by atoms with van der Waals surface area (Å²) >= 11 is 1.85. The minimum absolute atomic E-state index is 0.0451. The van der Waals surface area contributed by atoms with E-state index < -0.39 is 16.0 Å². The second-order valence-corrected chi connectivity index (χ2v) is 7.26. The SMILES string of the molecule is CN(c1cccnc1)S(=O)(=O)c1ccc(I)c(C(=O)O)c1. The first kappa shape index (κ1) is 15.7. The van der Waals surface area contributed by atoms with E-state index in [1.54, 1.807) is 12.1 Å². The number of carboxylic acid groups (broad SMARTS) is 1. The number of rotatable bonds is 4. The van der Waals surface area contributed by atoms with Gasteiger partial charge in [0.05, 0.1) is 22.3 Å². The third kappa shape index (κ3) is 3.16. The molecule has 0 radical (unpaired) electrons. The van der Waals surface area contributed by atoms with Gasteiger partial charge in [0.25, 0.3) is 10.0 Å². The van der Waals surface area contributed by atoms with E-state index in [1.165, 1.54) is 31.6 Å². The fourth-order valence-corrected chi connectivity index (χ4v) is 3.44. The number of nitrogens with zero attached hydrogens (tertiary/aromatic N) is 2. The highest BCUT2D eigenvalue weighted by Crippen LogP contribution is 2.23. The topological polar surface area (TPSA) is 87.6 Å². The van der Waals surface area contributed by atoms with Gasteiger partial charge in [0.2, 0.25) is 0 Å². The van der Waals surface area contributed by atoms with Crippen LogP contribution in [0, 0.1) is 3.57 Å². The highest BCUT2D eigenvalue weighted by Gasteiger charge is 2.23. The summed E-state index contributed by atoms with van der Waals surface area (Å²) in [6, 6.07) is 7.24. The van der Waals surface area contributed by atoms with Crippen LogP contribution in [0.3, 0.4) is 0 Å². The van der Waals surface area contributed by atoms with Crippen LogP contribution in [-0.4, -0.2) is 31.5 Å². The maximum Gasteiger partial charge on any atom is 0.336 e. The van der Waals surface area contributed by atoms with Gasteiger partial charge in [-0.25, -0.2) is 13.2 Å². The lowest BCUT2D eigenvalue weighted by Crippen LogP contribution is -2.26. The minimum atomic E-state index is -3.84. The zero-order valence-corrected chi connectivity index (χ0v) is 13.9. The van der Waals surface area contributed by atoms with Crippen molar-refractivity contribution in [3.8, 4) is 0 Å². The molecular formula is C13H11IN2O4S. The number of carbonyl (C=O) groups is 1. The van der Waals surface area contributed by atoms with E-state index in [1.807, 2.05) is 22.6 Å². The highest BCUT2D eigenvalue weighted by atomic mass is 127. The molecule has 6 nitrogen and oxygen atoms in total. The summed E-state index contributed by atoms with van der Waals surface area (Å²) in [7, 11) is -2.44. The van der Waals surface area contributed by atoms with E-state index in [2.05, 4.69) is 4.98 Å². The molecule has 0 saturated carbocycles. The van der Waals surface area contributed by atoms with Crippen LogP contribution in [0.2, 0.25) is 0 Å². The fourth-order valence-electron chi connectivity index (χ4n) is 1.67. The Balaban J connectivity index is 2.50. The highest BCUT2D eigenvalue weighted by molar-refractivity contribution is 14.1. The number of sulfonamides is 1. The van der Waals surface area contributed by atoms with Crippen molar-refractivity contribution in [3.63, 3.8) is 0 Å². The van der Waals surface area contributed by atoms with Crippen molar-refractivity contribution in [1.82, 2.24) is 4.98 Å². The number of aromatic nitrogens is 1. The molecule has 0 aliphatic carbocycles. The minimum Gasteiger partial charge on any atom is -0.478 e. The average molecular weight is 418 g/mol. The average Bonchev–Trinajstić information content (AvgIpc) is 2.47. The van der Waals surface area contributed by atoms with Gasteiger partial charge in [0.1, 0.15) is 0 Å². The van der Waals surface area contributed by atoms with E-state index >= 15 is 0 Å². The van der Waals surface area contributed by atoms with Crippen LogP contribution in [0.25, 0.3) is 0 Å². The van der Waals surface area contributed by atoms with Gasteiger partial charge in [-0.3, -0.25) is 9.29 Å². The molecule has 2 rings (SSSR count). The molecule has 0 saturated heterocycles. The molecule has 1 N–H and O–H groups in total. The van der Waals surface area contributed by atoms with Gasteiger partial charge in [0, 0.05) is 16.8 Å². The van der Waals surface area contributed by atoms with E-state index in [0.29, 0.717) is 9.26 Å². The largest absolute Gasteiger partial charge is 0.478 e. The number of anilines is 1. The standard InChI is InChI=1S/C13H11IN2O4S/c1-16(9-3-2-6-15-8-9)21(19,20)10-4-5-12(14)11(7-10)13(17)18/h2-8H,1H3,(H,17,18). The van der Waals surface area contributed by atoms with Crippen molar-refractivity contribution < 1.29 is 18.3 Å². The lowest BCUT2D eigenvalue weighted by atomic mass is 10.2. The Morgan fingerprint density at radius 1 is 1.33 bits per heavy atom. The summed E-state index contributed by atoms with van der Waals surface area (Å²) in [5.41, 5.74) is 0.351. The van der Waals surface area contributed by atoms with Crippen LogP contribution in [-0.2, 0) is 10.0 Å². The number of carboxylic acids is 1. The predicted octanol–water partition coefficient (Wildman–Crippen LogP) is 2.21. The second kappa shape index (κ2) is 5.98. The zero-order chi connectivity index (χ0) is 15.6. The Morgan fingerprint density at radius 3 is 2.62 bits per heavy atom. The van der Waals surface area contributed by atoms with Gasteiger partial charge < -0.3 is 5.11 Å². The van der Waals surface area contributed by atoms with Crippen molar-refractivity contribution in [3.05, 3.63) is 51.9 Å². The van der Waals surface area contributed by atoms with Crippen LogP contribution >= 0.6 is 22.6 Å². The third-order valence-electron chi connectivity index (χ3n) is 2.84. The van der Waals surface area contributed by atoms with Crippen molar-refractivity contribution in [2.45, 2.75) is 4.90 Å². The van der Waals surface area contributed by atoms with Crippen molar-refractivity contribution in [2.75, 3.05) is 11.4 Å². The van der Waals surface area contributed by atoms with Crippen LogP contribution in [0.15, 0.2) is 47.6 Å². The van der Waals surface area contributed by atoms with Crippen LogP contribution in [0.1, 0.15) is 10.4 Å². The maximum absolute atomic E-state index is 12.5. The molecule has 0 fully saturated rings. The molecule has 21 heavy (non-hydrogen) atoms. The van der Waals surface area contributed by atoms with Crippen LogP contribution < -0.4 is 4.31 Å². The zero-order valence-electron chi connectivity index (χ0n) is 10.9. The summed E-state index contributed by atoms with van der Waals surface area (Å²) in [5.74, 6) is -1.17. The molecular weight excluding hydrogens is 407 g/mol. The van der Waals surface area contributed by atoms with Gasteiger partial charge >= 0.3 is 5.97 Å². The van der Waals surface area contributed by atoms with E-state index in [-0.39, 0.29) is 10.5 Å². The molecule has 0 amide bonds. The first-order valence-corrected chi connectivity index (χ1v) is 8.27. The van der Waals surface area contributed by atoms with Crippen molar-refractivity contribution in [2.24, 2.45) is 0 Å². The van der Waals surface area contributed by atoms with Gasteiger partial charge in [-0.05, 0) is 52.9 Å². The second-order valence-electron chi connectivity index (χ2n) is 4.13. The summed E-state index contributed by atoms with van der Waals surface area (Å²) < 4.78 is 26.6. The summed E-state index contributed by atoms with van der Waals surface area (Å²) in [6.07, 6.45) is 2.96. The molecule has 1 heterocycles. The molecule has 0 spiro atoms.